The van der Waals surface area contributed by atoms with E-state index in [2.05, 4.69) is 120 Å². The summed E-state index contributed by atoms with van der Waals surface area (Å²) in [5, 5.41) is 4.21. The fraction of sp³-hybridized carbons (Fsp3) is 0.0312. The molecule has 0 saturated heterocycles. The fourth-order valence-electron chi connectivity index (χ4n) is 4.41. The van der Waals surface area contributed by atoms with Crippen LogP contribution in [0.4, 0.5) is 5.69 Å². The van der Waals surface area contributed by atoms with E-state index < -0.39 is 7.26 Å². The predicted molar refractivity (Wildman–Crippen MR) is 149 cm³/mol. The Hall–Kier alpha value is -3.80. The molecule has 0 aliphatic heterocycles. The number of aliphatic imine (C=N–C) groups is 1. The second-order valence-corrected chi connectivity index (χ2v) is 11.8. The summed E-state index contributed by atoms with van der Waals surface area (Å²) in [5.41, 5.74) is 3.41. The van der Waals surface area contributed by atoms with Crippen molar-refractivity contribution in [2.24, 2.45) is 4.99 Å². The Morgan fingerprint density at radius 1 is 0.471 bits per heavy atom. The molecule has 5 rings (SSSR count). The minimum absolute atomic E-state index is 0.966. The molecule has 164 valence electrons. The lowest BCUT2D eigenvalue weighted by atomic mass is 10.2. The van der Waals surface area contributed by atoms with Gasteiger partial charge in [-0.15, -0.1) is 0 Å². The molecule has 1 nitrogen and oxygen atoms in total. The number of benzene rings is 5. The van der Waals surface area contributed by atoms with Crippen molar-refractivity contribution < 1.29 is 0 Å². The van der Waals surface area contributed by atoms with Crippen molar-refractivity contribution >= 4 is 35.1 Å². The van der Waals surface area contributed by atoms with Gasteiger partial charge in [0.1, 0.15) is 23.2 Å². The molecule has 2 heteroatoms. The lowest BCUT2D eigenvalue weighted by Gasteiger charge is -2.27. The average molecular weight is 457 g/mol. The van der Waals surface area contributed by atoms with E-state index in [0.717, 1.165) is 17.4 Å². The quantitative estimate of drug-likeness (QED) is 0.186. The monoisotopic (exact) mass is 456 g/mol. The Morgan fingerprint density at radius 3 is 1.32 bits per heavy atom. The summed E-state index contributed by atoms with van der Waals surface area (Å²) < 4.78 is 0. The molecule has 0 atom stereocenters. The van der Waals surface area contributed by atoms with E-state index in [0.29, 0.717) is 0 Å². The van der Waals surface area contributed by atoms with Gasteiger partial charge in [0, 0.05) is 6.21 Å². The van der Waals surface area contributed by atoms with Crippen LogP contribution in [-0.2, 0) is 6.16 Å². The van der Waals surface area contributed by atoms with E-state index in [9.17, 15) is 0 Å². The highest BCUT2D eigenvalue weighted by molar-refractivity contribution is 7.95. The van der Waals surface area contributed by atoms with Gasteiger partial charge in [0.25, 0.3) is 0 Å². The largest absolute Gasteiger partial charge is 0.256 e. The van der Waals surface area contributed by atoms with E-state index >= 15 is 0 Å². The van der Waals surface area contributed by atoms with Crippen molar-refractivity contribution in [1.29, 1.82) is 0 Å². The maximum atomic E-state index is 4.61. The number of para-hydroxylation sites is 1. The molecule has 0 fully saturated rings. The molecule has 0 aromatic heterocycles. The number of hydrogen-bond donors (Lipinski definition) is 0. The van der Waals surface area contributed by atoms with E-state index in [1.165, 1.54) is 21.5 Å². The Labute approximate surface area is 202 Å². The molecule has 0 N–H and O–H groups in total. The fourth-order valence-corrected chi connectivity index (χ4v) is 8.66. The minimum Gasteiger partial charge on any atom is -0.256 e. The highest BCUT2D eigenvalue weighted by atomic mass is 31.2. The third-order valence-electron chi connectivity index (χ3n) is 6.11. The Morgan fingerprint density at radius 2 is 0.882 bits per heavy atom. The number of hydrogen-bond acceptors (Lipinski definition) is 1. The van der Waals surface area contributed by atoms with Gasteiger partial charge in [0.15, 0.2) is 0 Å². The number of rotatable bonds is 7. The average Bonchev–Trinajstić information content (AvgIpc) is 2.93. The zero-order valence-corrected chi connectivity index (χ0v) is 19.9. The highest BCUT2D eigenvalue weighted by Crippen LogP contribution is 2.58. The van der Waals surface area contributed by atoms with Crippen LogP contribution in [0.25, 0.3) is 0 Å². The molecule has 0 heterocycles. The van der Waals surface area contributed by atoms with Crippen LogP contribution in [0.15, 0.2) is 151 Å². The molecule has 0 bridgehead atoms. The van der Waals surface area contributed by atoms with Crippen LogP contribution in [0.1, 0.15) is 11.1 Å². The molecule has 0 saturated carbocycles. The summed E-state index contributed by atoms with van der Waals surface area (Å²) in [5.74, 6) is 0. The van der Waals surface area contributed by atoms with Crippen molar-refractivity contribution in [3.05, 3.63) is 157 Å². The van der Waals surface area contributed by atoms with Gasteiger partial charge in [0.05, 0.1) is 11.8 Å². The first-order chi connectivity index (χ1) is 16.8. The Balaban J connectivity index is 1.56. The smallest absolute Gasteiger partial charge is 0.116 e. The summed E-state index contributed by atoms with van der Waals surface area (Å²) in [6.45, 7) is 0. The molecule has 5 aromatic rings. The second kappa shape index (κ2) is 10.4. The SMILES string of the molecule is C(=Nc1ccccc1)c1ccc(C[P+](c2ccccc2)(c2ccccc2)c2ccccc2)cc1. The van der Waals surface area contributed by atoms with E-state index in [4.69, 9.17) is 0 Å². The summed E-state index contributed by atoms with van der Waals surface area (Å²) in [4.78, 5) is 4.61. The third-order valence-corrected chi connectivity index (χ3v) is 10.5. The summed E-state index contributed by atoms with van der Waals surface area (Å²) in [7, 11) is -1.89. The zero-order valence-electron chi connectivity index (χ0n) is 19.0. The molecule has 5 aromatic carbocycles. The van der Waals surface area contributed by atoms with Gasteiger partial charge >= 0.3 is 0 Å². The molecule has 0 aliphatic carbocycles. The molecule has 0 aliphatic rings. The maximum Gasteiger partial charge on any atom is 0.116 e. The van der Waals surface area contributed by atoms with Gasteiger partial charge in [-0.25, -0.2) is 0 Å². The van der Waals surface area contributed by atoms with Gasteiger partial charge in [-0.2, -0.15) is 0 Å². The molecule has 34 heavy (non-hydrogen) atoms. The molecular weight excluding hydrogens is 429 g/mol. The molecular formula is C32H27NP+. The summed E-state index contributed by atoms with van der Waals surface area (Å²) in [6, 6.07) is 52.1. The van der Waals surface area contributed by atoms with E-state index in [1.807, 2.05) is 36.5 Å². The van der Waals surface area contributed by atoms with Crippen LogP contribution in [-0.4, -0.2) is 6.21 Å². The van der Waals surface area contributed by atoms with Crippen LogP contribution in [0.5, 0.6) is 0 Å². The van der Waals surface area contributed by atoms with Crippen LogP contribution < -0.4 is 15.9 Å². The third kappa shape index (κ3) is 4.76. The lowest BCUT2D eigenvalue weighted by Crippen LogP contribution is -2.32. The van der Waals surface area contributed by atoms with Crippen molar-refractivity contribution in [1.82, 2.24) is 0 Å². The highest BCUT2D eigenvalue weighted by Gasteiger charge is 2.45. The first kappa shape index (κ1) is 22.0. The normalized spacial score (nSPS) is 11.5. The van der Waals surface area contributed by atoms with Crippen molar-refractivity contribution in [3.8, 4) is 0 Å². The second-order valence-electron chi connectivity index (χ2n) is 8.31. The van der Waals surface area contributed by atoms with Gasteiger partial charge in [-0.1, -0.05) is 97.1 Å². The van der Waals surface area contributed by atoms with Crippen molar-refractivity contribution in [3.63, 3.8) is 0 Å². The zero-order chi connectivity index (χ0) is 23.1. The predicted octanol–water partition coefficient (Wildman–Crippen LogP) is 6.93. The van der Waals surface area contributed by atoms with Crippen LogP contribution in [0, 0.1) is 0 Å². The summed E-state index contributed by atoms with van der Waals surface area (Å²) >= 11 is 0. The van der Waals surface area contributed by atoms with Gasteiger partial charge in [-0.05, 0) is 59.7 Å². The lowest BCUT2D eigenvalue weighted by molar-refractivity contribution is 1.38. The number of nitrogens with zero attached hydrogens (tertiary/aromatic N) is 1. The standard InChI is InChI=1S/C32H27NP/c1-5-13-29(14-6-1)33-25-27-21-23-28(24-22-27)26-34(30-15-7-2-8-16-30,31-17-9-3-10-18-31)32-19-11-4-12-20-32/h1-25H,26H2/q+1. The van der Waals surface area contributed by atoms with Gasteiger partial charge in [0.2, 0.25) is 0 Å². The Kier molecular flexibility index (Phi) is 6.75. The summed E-state index contributed by atoms with van der Waals surface area (Å²) in [6.07, 6.45) is 2.91. The molecule has 0 radical (unpaired) electrons. The van der Waals surface area contributed by atoms with Gasteiger partial charge in [-0.3, -0.25) is 4.99 Å². The Bertz CT molecular complexity index is 1230. The topological polar surface area (TPSA) is 12.4 Å². The van der Waals surface area contributed by atoms with Crippen LogP contribution in [0.2, 0.25) is 0 Å². The van der Waals surface area contributed by atoms with E-state index in [1.54, 1.807) is 0 Å². The first-order valence-electron chi connectivity index (χ1n) is 11.6. The van der Waals surface area contributed by atoms with Gasteiger partial charge < -0.3 is 0 Å². The van der Waals surface area contributed by atoms with Crippen molar-refractivity contribution in [2.75, 3.05) is 0 Å². The first-order valence-corrected chi connectivity index (χ1v) is 13.5. The molecule has 0 spiro atoms. The molecule has 0 amide bonds. The van der Waals surface area contributed by atoms with E-state index in [-0.39, 0.29) is 0 Å². The van der Waals surface area contributed by atoms with Crippen LogP contribution >= 0.6 is 7.26 Å². The van der Waals surface area contributed by atoms with Crippen molar-refractivity contribution in [2.45, 2.75) is 6.16 Å². The molecule has 0 unspecified atom stereocenters. The van der Waals surface area contributed by atoms with Crippen LogP contribution in [0.3, 0.4) is 0 Å². The minimum atomic E-state index is -1.89. The maximum absolute atomic E-state index is 4.61.